The van der Waals surface area contributed by atoms with Crippen LogP contribution in [0.5, 0.6) is 0 Å². The second-order valence-corrected chi connectivity index (χ2v) is 11.0. The van der Waals surface area contributed by atoms with Crippen molar-refractivity contribution in [3.63, 3.8) is 0 Å². The van der Waals surface area contributed by atoms with Gasteiger partial charge in [-0.25, -0.2) is 4.79 Å². The number of nitrogens with zero attached hydrogens (tertiary/aromatic N) is 1. The predicted molar refractivity (Wildman–Crippen MR) is 127 cm³/mol. The maximum Gasteiger partial charge on any atom is 0.410 e. The lowest BCUT2D eigenvalue weighted by molar-refractivity contribution is -0.0709. The highest BCUT2D eigenvalue weighted by atomic mass is 32.1. The van der Waals surface area contributed by atoms with E-state index in [4.69, 9.17) is 4.74 Å². The summed E-state index contributed by atoms with van der Waals surface area (Å²) in [5.74, 6) is -0.782. The van der Waals surface area contributed by atoms with Crippen molar-refractivity contribution in [3.05, 3.63) is 35.2 Å². The van der Waals surface area contributed by atoms with Crippen LogP contribution in [-0.2, 0) is 4.74 Å². The summed E-state index contributed by atoms with van der Waals surface area (Å²) in [5.41, 5.74) is -1.12. The first-order valence-electron chi connectivity index (χ1n) is 11.6. The Kier molecular flexibility index (Phi) is 6.61. The van der Waals surface area contributed by atoms with E-state index in [0.29, 0.717) is 38.0 Å². The smallest absolute Gasteiger partial charge is 0.410 e. The topological polar surface area (TPSA) is 78.9 Å². The van der Waals surface area contributed by atoms with E-state index in [1.807, 2.05) is 50.4 Å². The van der Waals surface area contributed by atoms with E-state index in [0.717, 1.165) is 29.3 Å². The monoisotopic (exact) mass is 458 g/mol. The summed E-state index contributed by atoms with van der Waals surface area (Å²) in [6.07, 6.45) is 3.56. The number of thiophene rings is 1. The van der Waals surface area contributed by atoms with E-state index < -0.39 is 29.3 Å². The molecule has 1 aliphatic carbocycles. The summed E-state index contributed by atoms with van der Waals surface area (Å²) in [4.78, 5) is 28.9. The molecule has 0 spiro atoms. The molecule has 1 aromatic heterocycles. The van der Waals surface area contributed by atoms with Gasteiger partial charge in [-0.3, -0.25) is 4.79 Å². The van der Waals surface area contributed by atoms with E-state index in [1.165, 1.54) is 0 Å². The average Bonchev–Trinajstić information content (AvgIpc) is 3.17. The van der Waals surface area contributed by atoms with Crippen LogP contribution in [0, 0.1) is 5.92 Å². The Morgan fingerprint density at radius 3 is 2.66 bits per heavy atom. The highest BCUT2D eigenvalue weighted by molar-refractivity contribution is 7.17. The van der Waals surface area contributed by atoms with Gasteiger partial charge in [0.25, 0.3) is 0 Å². The number of rotatable bonds is 4. The van der Waals surface area contributed by atoms with Crippen molar-refractivity contribution < 1.29 is 19.4 Å². The fourth-order valence-electron chi connectivity index (χ4n) is 5.16. The standard InChI is InChI=1S/C25H34N2O4S/c1-24(2,3)31-23(29)27-14-13-26-15-19(27)21(25(30)11-7-4-8-12-25)22(28)18-16-32-20-10-6-5-9-17(18)20/h5-6,9-10,16,19,21,26,30H,4,7-8,11-15H2,1-3H3. The molecule has 2 fully saturated rings. The Morgan fingerprint density at radius 1 is 1.22 bits per heavy atom. The second-order valence-electron chi connectivity index (χ2n) is 10.1. The van der Waals surface area contributed by atoms with Crippen molar-refractivity contribution >= 4 is 33.3 Å². The van der Waals surface area contributed by atoms with Crippen LogP contribution in [0.2, 0.25) is 0 Å². The number of hydrogen-bond donors (Lipinski definition) is 2. The minimum absolute atomic E-state index is 0.0749. The first kappa shape index (κ1) is 23.2. The van der Waals surface area contributed by atoms with E-state index in [1.54, 1.807) is 16.2 Å². The molecule has 2 heterocycles. The molecule has 32 heavy (non-hydrogen) atoms. The molecule has 1 amide bonds. The molecule has 2 atom stereocenters. The molecule has 0 bridgehead atoms. The van der Waals surface area contributed by atoms with Gasteiger partial charge in [0.1, 0.15) is 5.60 Å². The first-order chi connectivity index (χ1) is 15.2. The molecule has 6 nitrogen and oxygen atoms in total. The SMILES string of the molecule is CC(C)(C)OC(=O)N1CCNCC1C(C(=O)c1csc2ccccc12)C1(O)CCCCC1. The van der Waals surface area contributed by atoms with Crippen LogP contribution in [-0.4, -0.2) is 58.8 Å². The number of Topliss-reactive ketones (excluding diaryl/α,β-unsaturated/α-hetero) is 1. The minimum atomic E-state index is -1.14. The van der Waals surface area contributed by atoms with Crippen LogP contribution in [0.25, 0.3) is 10.1 Å². The summed E-state index contributed by atoms with van der Waals surface area (Å²) >= 11 is 1.54. The molecule has 2 aliphatic rings. The normalized spacial score (nSPS) is 22.5. The van der Waals surface area contributed by atoms with Crippen molar-refractivity contribution in [3.8, 4) is 0 Å². The van der Waals surface area contributed by atoms with Crippen LogP contribution < -0.4 is 5.32 Å². The van der Waals surface area contributed by atoms with Crippen molar-refractivity contribution in [2.45, 2.75) is 70.1 Å². The number of fused-ring (bicyclic) bond motifs is 1. The van der Waals surface area contributed by atoms with Gasteiger partial charge in [-0.15, -0.1) is 11.3 Å². The number of aliphatic hydroxyl groups is 1. The molecule has 2 N–H and O–H groups in total. The number of carbonyl (C=O) groups excluding carboxylic acids is 2. The van der Waals surface area contributed by atoms with E-state index in [9.17, 15) is 14.7 Å². The molecule has 1 saturated heterocycles. The zero-order chi connectivity index (χ0) is 22.9. The van der Waals surface area contributed by atoms with E-state index >= 15 is 0 Å². The van der Waals surface area contributed by atoms with Gasteiger partial charge >= 0.3 is 6.09 Å². The summed E-state index contributed by atoms with van der Waals surface area (Å²) in [5, 5.41) is 18.0. The number of nitrogens with one attached hydrogen (secondary N) is 1. The van der Waals surface area contributed by atoms with E-state index in [2.05, 4.69) is 5.32 Å². The van der Waals surface area contributed by atoms with Crippen LogP contribution >= 0.6 is 11.3 Å². The van der Waals surface area contributed by atoms with Crippen LogP contribution in [0.15, 0.2) is 29.6 Å². The van der Waals surface area contributed by atoms with Gasteiger partial charge in [0.2, 0.25) is 0 Å². The third kappa shape index (κ3) is 4.70. The number of ether oxygens (including phenoxy) is 1. The second kappa shape index (κ2) is 9.12. The number of benzene rings is 1. The molecule has 2 aromatic rings. The lowest BCUT2D eigenvalue weighted by Gasteiger charge is -2.47. The van der Waals surface area contributed by atoms with E-state index in [-0.39, 0.29) is 5.78 Å². The molecular weight excluding hydrogens is 424 g/mol. The summed E-state index contributed by atoms with van der Waals surface area (Å²) in [6, 6.07) is 7.41. The first-order valence-corrected chi connectivity index (χ1v) is 12.5. The average molecular weight is 459 g/mol. The van der Waals surface area contributed by atoms with Crippen molar-refractivity contribution in [2.24, 2.45) is 5.92 Å². The fourth-order valence-corrected chi connectivity index (χ4v) is 6.11. The Labute approximate surface area is 193 Å². The van der Waals surface area contributed by atoms with Crippen molar-refractivity contribution in [1.29, 1.82) is 0 Å². The molecule has 2 unspecified atom stereocenters. The summed E-state index contributed by atoms with van der Waals surface area (Å²) < 4.78 is 6.74. The Hall–Kier alpha value is -1.96. The third-order valence-corrected chi connectivity index (χ3v) is 7.59. The number of piperazine rings is 1. The Bertz CT molecular complexity index is 974. The summed E-state index contributed by atoms with van der Waals surface area (Å²) in [6.45, 7) is 7.07. The van der Waals surface area contributed by atoms with Crippen LogP contribution in [0.1, 0.15) is 63.2 Å². The predicted octanol–water partition coefficient (Wildman–Crippen LogP) is 4.60. The Balaban J connectivity index is 1.74. The van der Waals surface area contributed by atoms with Crippen LogP contribution in [0.3, 0.4) is 0 Å². The highest BCUT2D eigenvalue weighted by Gasteiger charge is 2.50. The van der Waals surface area contributed by atoms with Gasteiger partial charge < -0.3 is 20.1 Å². The molecule has 0 radical (unpaired) electrons. The third-order valence-electron chi connectivity index (χ3n) is 6.62. The van der Waals surface area contributed by atoms with Crippen molar-refractivity contribution in [1.82, 2.24) is 10.2 Å². The molecule has 4 rings (SSSR count). The molecular formula is C25H34N2O4S. The van der Waals surface area contributed by atoms with Crippen molar-refractivity contribution in [2.75, 3.05) is 19.6 Å². The number of ketones is 1. The number of hydrogen-bond acceptors (Lipinski definition) is 6. The van der Waals surface area contributed by atoms with Gasteiger partial charge in [0.15, 0.2) is 5.78 Å². The fraction of sp³-hybridized carbons (Fsp3) is 0.600. The quantitative estimate of drug-likeness (QED) is 0.655. The number of carbonyl (C=O) groups is 2. The van der Waals surface area contributed by atoms with Gasteiger partial charge in [0.05, 0.1) is 17.6 Å². The highest BCUT2D eigenvalue weighted by Crippen LogP contribution is 2.41. The van der Waals surface area contributed by atoms with Gasteiger partial charge in [-0.2, -0.15) is 0 Å². The molecule has 1 saturated carbocycles. The largest absolute Gasteiger partial charge is 0.444 e. The lowest BCUT2D eigenvalue weighted by Crippen LogP contribution is -2.63. The molecule has 1 aromatic carbocycles. The Morgan fingerprint density at radius 2 is 1.94 bits per heavy atom. The summed E-state index contributed by atoms with van der Waals surface area (Å²) in [7, 11) is 0. The lowest BCUT2D eigenvalue weighted by atomic mass is 9.69. The molecule has 7 heteroatoms. The van der Waals surface area contributed by atoms with Gasteiger partial charge in [0, 0.05) is 40.7 Å². The zero-order valence-electron chi connectivity index (χ0n) is 19.2. The zero-order valence-corrected chi connectivity index (χ0v) is 20.0. The number of amides is 1. The van der Waals surface area contributed by atoms with Gasteiger partial charge in [-0.1, -0.05) is 37.5 Å². The maximum atomic E-state index is 14.1. The van der Waals surface area contributed by atoms with Gasteiger partial charge in [-0.05, 0) is 39.7 Å². The van der Waals surface area contributed by atoms with Crippen LogP contribution in [0.4, 0.5) is 4.79 Å². The molecule has 174 valence electrons. The molecule has 1 aliphatic heterocycles. The minimum Gasteiger partial charge on any atom is -0.444 e. The maximum absolute atomic E-state index is 14.1.